The van der Waals surface area contributed by atoms with Crippen LogP contribution in [0, 0.1) is 12.7 Å². The molecule has 0 radical (unpaired) electrons. The highest BCUT2D eigenvalue weighted by Gasteiger charge is 2.13. The second kappa shape index (κ2) is 10.4. The Morgan fingerprint density at radius 3 is 2.32 bits per heavy atom. The summed E-state index contributed by atoms with van der Waals surface area (Å²) in [7, 11) is 0. The highest BCUT2D eigenvalue weighted by Crippen LogP contribution is 2.32. The molecule has 1 unspecified atom stereocenters. The maximum atomic E-state index is 14.5. The average Bonchev–Trinajstić information content (AvgIpc) is 2.76. The van der Waals surface area contributed by atoms with E-state index >= 15 is 0 Å². The Hall–Kier alpha value is -2.99. The van der Waals surface area contributed by atoms with Crippen LogP contribution < -0.4 is 4.74 Å². The Kier molecular flexibility index (Phi) is 7.58. The van der Waals surface area contributed by atoms with Crippen molar-refractivity contribution in [3.05, 3.63) is 89.8 Å². The van der Waals surface area contributed by atoms with Crippen molar-refractivity contribution in [2.45, 2.75) is 26.7 Å². The first-order valence-electron chi connectivity index (χ1n) is 10.1. The first-order valence-corrected chi connectivity index (χ1v) is 10.1. The van der Waals surface area contributed by atoms with Gasteiger partial charge in [-0.2, -0.15) is 0 Å². The maximum Gasteiger partial charge on any atom is 0.176 e. The summed E-state index contributed by atoms with van der Waals surface area (Å²) in [4.78, 5) is 0. The van der Waals surface area contributed by atoms with E-state index in [9.17, 15) is 9.50 Å². The molecule has 162 valence electrons. The smallest absolute Gasteiger partial charge is 0.176 e. The van der Waals surface area contributed by atoms with Gasteiger partial charge in [0.25, 0.3) is 0 Å². The molecule has 0 amide bonds. The summed E-state index contributed by atoms with van der Waals surface area (Å²) in [6.45, 7) is 7.56. The van der Waals surface area contributed by atoms with Gasteiger partial charge in [-0.1, -0.05) is 43.0 Å². The average molecular weight is 422 g/mol. The number of halogens is 1. The van der Waals surface area contributed by atoms with Gasteiger partial charge in [0.1, 0.15) is 18.2 Å². The molecule has 0 aliphatic heterocycles. The molecule has 0 aliphatic carbocycles. The molecule has 0 heterocycles. The molecule has 31 heavy (non-hydrogen) atoms. The van der Waals surface area contributed by atoms with Crippen LogP contribution in [0.2, 0.25) is 0 Å². The molecule has 0 bridgehead atoms. The molecule has 0 aliphatic rings. The van der Waals surface area contributed by atoms with Crippen LogP contribution in [0.15, 0.2) is 72.8 Å². The minimum atomic E-state index is -1.08. The van der Waals surface area contributed by atoms with E-state index in [0.717, 1.165) is 27.8 Å². The Balaban J connectivity index is 1.98. The predicted molar refractivity (Wildman–Crippen MR) is 120 cm³/mol. The fourth-order valence-electron chi connectivity index (χ4n) is 3.22. The molecule has 2 N–H and O–H groups in total. The van der Waals surface area contributed by atoms with Gasteiger partial charge in [-0.15, -0.1) is 0 Å². The van der Waals surface area contributed by atoms with Gasteiger partial charge in [-0.05, 0) is 71.5 Å². The van der Waals surface area contributed by atoms with E-state index in [4.69, 9.17) is 14.6 Å². The Labute approximate surface area is 182 Å². The maximum absolute atomic E-state index is 14.5. The Morgan fingerprint density at radius 2 is 1.68 bits per heavy atom. The zero-order valence-corrected chi connectivity index (χ0v) is 17.8. The van der Waals surface area contributed by atoms with Crippen LogP contribution in [-0.2, 0) is 11.3 Å². The van der Waals surface area contributed by atoms with Crippen LogP contribution in [0.3, 0.4) is 0 Å². The predicted octanol–water partition coefficient (Wildman–Crippen LogP) is 5.25. The van der Waals surface area contributed by atoms with E-state index < -0.39 is 6.29 Å². The number of hydrogen-bond donors (Lipinski definition) is 2. The summed E-state index contributed by atoms with van der Waals surface area (Å²) in [5, 5.41) is 18.9. The van der Waals surface area contributed by atoms with Gasteiger partial charge < -0.3 is 19.7 Å². The van der Waals surface area contributed by atoms with Crippen LogP contribution in [0.4, 0.5) is 4.39 Å². The zero-order chi connectivity index (χ0) is 22.4. The van der Waals surface area contributed by atoms with Crippen LogP contribution >= 0.6 is 0 Å². The van der Waals surface area contributed by atoms with Gasteiger partial charge >= 0.3 is 0 Å². The van der Waals surface area contributed by atoms with E-state index in [2.05, 4.69) is 6.58 Å². The third-order valence-corrected chi connectivity index (χ3v) is 4.88. The molecule has 3 aromatic carbocycles. The topological polar surface area (TPSA) is 58.9 Å². The second-order valence-corrected chi connectivity index (χ2v) is 7.46. The molecule has 4 nitrogen and oxygen atoms in total. The van der Waals surface area contributed by atoms with Gasteiger partial charge in [-0.25, -0.2) is 4.39 Å². The number of ether oxygens (including phenoxy) is 2. The second-order valence-electron chi connectivity index (χ2n) is 7.46. The van der Waals surface area contributed by atoms with Crippen molar-refractivity contribution in [2.75, 3.05) is 13.2 Å². The number of aliphatic hydroxyl groups excluding tert-OH is 2. The lowest BCUT2D eigenvalue weighted by atomic mass is 9.94. The van der Waals surface area contributed by atoms with Crippen molar-refractivity contribution in [3.63, 3.8) is 0 Å². The standard InChI is InChI=1S/C26H27FO4/c1-17(2)26(29)31-16-21-15-20(24-10-4-18(3)14-25(24)27)7-11-23(21)19-5-8-22(9-6-19)30-13-12-28/h4-11,14-15,26,28-29H,1,12-13,16H2,2-3H3. The summed E-state index contributed by atoms with van der Waals surface area (Å²) >= 11 is 0. The number of benzene rings is 3. The highest BCUT2D eigenvalue weighted by atomic mass is 19.1. The van der Waals surface area contributed by atoms with Crippen LogP contribution in [0.25, 0.3) is 22.3 Å². The van der Waals surface area contributed by atoms with Gasteiger partial charge in [0.05, 0.1) is 13.2 Å². The molecular formula is C26H27FO4. The molecule has 0 saturated carbocycles. The lowest BCUT2D eigenvalue weighted by molar-refractivity contribution is -0.0807. The summed E-state index contributed by atoms with van der Waals surface area (Å²) in [5.74, 6) is 0.374. The van der Waals surface area contributed by atoms with Crippen molar-refractivity contribution in [1.82, 2.24) is 0 Å². The largest absolute Gasteiger partial charge is 0.491 e. The SMILES string of the molecule is C=C(C)C(O)OCc1cc(-c2ccc(C)cc2F)ccc1-c1ccc(OCCO)cc1. The number of aryl methyl sites for hydroxylation is 1. The third kappa shape index (κ3) is 5.79. The van der Waals surface area contributed by atoms with Gasteiger partial charge in [-0.3, -0.25) is 0 Å². The number of hydrogen-bond acceptors (Lipinski definition) is 4. The minimum Gasteiger partial charge on any atom is -0.491 e. The van der Waals surface area contributed by atoms with Gasteiger partial charge in [0, 0.05) is 5.56 Å². The molecular weight excluding hydrogens is 395 g/mol. The van der Waals surface area contributed by atoms with Crippen LogP contribution in [0.1, 0.15) is 18.1 Å². The van der Waals surface area contributed by atoms with Crippen molar-refractivity contribution < 1.29 is 24.1 Å². The van der Waals surface area contributed by atoms with E-state index in [-0.39, 0.29) is 25.6 Å². The fourth-order valence-corrected chi connectivity index (χ4v) is 3.22. The summed E-state index contributed by atoms with van der Waals surface area (Å²) in [6.07, 6.45) is -1.08. The lowest BCUT2D eigenvalue weighted by Crippen LogP contribution is -2.12. The van der Waals surface area contributed by atoms with Crippen molar-refractivity contribution in [2.24, 2.45) is 0 Å². The molecule has 1 atom stereocenters. The molecule has 5 heteroatoms. The van der Waals surface area contributed by atoms with Crippen molar-refractivity contribution in [1.29, 1.82) is 0 Å². The number of rotatable bonds is 9. The Morgan fingerprint density at radius 1 is 1.00 bits per heavy atom. The monoisotopic (exact) mass is 422 g/mol. The molecule has 3 rings (SSSR count). The minimum absolute atomic E-state index is 0.0503. The normalized spacial score (nSPS) is 11.9. The summed E-state index contributed by atoms with van der Waals surface area (Å²) in [6, 6.07) is 18.3. The molecule has 0 saturated heterocycles. The highest BCUT2D eigenvalue weighted by molar-refractivity contribution is 5.74. The van der Waals surface area contributed by atoms with E-state index in [1.54, 1.807) is 13.0 Å². The first kappa shape index (κ1) is 22.7. The van der Waals surface area contributed by atoms with Crippen LogP contribution in [0.5, 0.6) is 5.75 Å². The molecule has 0 aromatic heterocycles. The number of aliphatic hydroxyl groups is 2. The van der Waals surface area contributed by atoms with Crippen molar-refractivity contribution >= 4 is 0 Å². The summed E-state index contributed by atoms with van der Waals surface area (Å²) < 4.78 is 25.5. The summed E-state index contributed by atoms with van der Waals surface area (Å²) in [5.41, 5.74) is 5.23. The van der Waals surface area contributed by atoms with Gasteiger partial charge in [0.15, 0.2) is 6.29 Å². The first-order chi connectivity index (χ1) is 14.9. The third-order valence-electron chi connectivity index (χ3n) is 4.88. The molecule has 0 spiro atoms. The Bertz CT molecular complexity index is 1040. The fraction of sp³-hybridized carbons (Fsp3) is 0.231. The van der Waals surface area contributed by atoms with E-state index in [0.29, 0.717) is 16.9 Å². The van der Waals surface area contributed by atoms with Gasteiger partial charge in [0.2, 0.25) is 0 Å². The lowest BCUT2D eigenvalue weighted by Gasteiger charge is -2.16. The van der Waals surface area contributed by atoms with Crippen molar-refractivity contribution in [3.8, 4) is 28.0 Å². The quantitative estimate of drug-likeness (QED) is 0.365. The zero-order valence-electron chi connectivity index (χ0n) is 17.8. The van der Waals surface area contributed by atoms with Crippen LogP contribution in [-0.4, -0.2) is 29.7 Å². The molecule has 0 fully saturated rings. The van der Waals surface area contributed by atoms with E-state index in [1.807, 2.05) is 55.5 Å². The van der Waals surface area contributed by atoms with E-state index in [1.165, 1.54) is 6.07 Å². The molecule has 3 aromatic rings.